The van der Waals surface area contributed by atoms with Gasteiger partial charge < -0.3 is 4.74 Å². The first-order chi connectivity index (χ1) is 15.2. The van der Waals surface area contributed by atoms with E-state index in [0.717, 1.165) is 36.3 Å². The number of nitrogens with zero attached hydrogens (tertiary/aromatic N) is 1. The van der Waals surface area contributed by atoms with Crippen LogP contribution in [0.15, 0.2) is 53.4 Å². The van der Waals surface area contributed by atoms with Crippen LogP contribution in [-0.4, -0.2) is 38.6 Å². The number of likely N-dealkylation sites (tertiary alicyclic amines) is 1. The topological polar surface area (TPSA) is 58.6 Å². The Kier molecular flexibility index (Phi) is 6.78. The van der Waals surface area contributed by atoms with Gasteiger partial charge in [0, 0.05) is 25.7 Å². The average Bonchev–Trinajstić information content (AvgIpc) is 3.41. The van der Waals surface area contributed by atoms with Crippen molar-refractivity contribution in [2.45, 2.75) is 61.9 Å². The van der Waals surface area contributed by atoms with Crippen LogP contribution in [0.1, 0.15) is 43.2 Å². The maximum absolute atomic E-state index is 12.9. The van der Waals surface area contributed by atoms with Gasteiger partial charge in [-0.15, -0.1) is 0 Å². The molecule has 0 aromatic heterocycles. The van der Waals surface area contributed by atoms with E-state index in [4.69, 9.17) is 4.74 Å². The molecule has 0 bridgehead atoms. The Balaban J connectivity index is 1.31. The van der Waals surface area contributed by atoms with Crippen LogP contribution < -0.4 is 9.46 Å². The highest BCUT2D eigenvalue weighted by molar-refractivity contribution is 7.89. The Labute approximate surface area is 186 Å². The lowest BCUT2D eigenvalue weighted by molar-refractivity contribution is -0.137. The van der Waals surface area contributed by atoms with Gasteiger partial charge in [-0.25, -0.2) is 13.1 Å². The number of benzene rings is 2. The summed E-state index contributed by atoms with van der Waals surface area (Å²) < 4.78 is 72.5. The maximum Gasteiger partial charge on any atom is 0.416 e. The first kappa shape index (κ1) is 23.1. The Morgan fingerprint density at radius 2 is 1.75 bits per heavy atom. The van der Waals surface area contributed by atoms with E-state index in [-0.39, 0.29) is 10.9 Å². The van der Waals surface area contributed by atoms with E-state index in [9.17, 15) is 21.6 Å². The highest BCUT2D eigenvalue weighted by Crippen LogP contribution is 2.30. The lowest BCUT2D eigenvalue weighted by Gasteiger charge is -2.18. The zero-order valence-corrected chi connectivity index (χ0v) is 18.5. The van der Waals surface area contributed by atoms with Crippen LogP contribution in [-0.2, 0) is 22.7 Å². The molecule has 32 heavy (non-hydrogen) atoms. The number of ether oxygens (including phenoxy) is 1. The molecule has 0 amide bonds. The third-order valence-corrected chi connectivity index (χ3v) is 7.52. The predicted molar refractivity (Wildman–Crippen MR) is 115 cm³/mol. The van der Waals surface area contributed by atoms with Crippen molar-refractivity contribution in [2.75, 3.05) is 13.1 Å². The molecule has 4 rings (SSSR count). The molecule has 0 unspecified atom stereocenters. The van der Waals surface area contributed by atoms with Gasteiger partial charge in [-0.05, 0) is 68.0 Å². The molecule has 9 heteroatoms. The van der Waals surface area contributed by atoms with Gasteiger partial charge in [0.05, 0.1) is 16.6 Å². The van der Waals surface area contributed by atoms with Crippen molar-refractivity contribution in [2.24, 2.45) is 0 Å². The minimum atomic E-state index is -4.59. The average molecular weight is 469 g/mol. The number of halogens is 3. The van der Waals surface area contributed by atoms with Gasteiger partial charge in [-0.3, -0.25) is 4.90 Å². The molecule has 5 nitrogen and oxygen atoms in total. The zero-order chi connectivity index (χ0) is 22.8. The summed E-state index contributed by atoms with van der Waals surface area (Å²) in [6.45, 7) is 1.88. The minimum Gasteiger partial charge on any atom is -0.490 e. The Hall–Kier alpha value is -2.10. The molecule has 174 valence electrons. The van der Waals surface area contributed by atoms with E-state index >= 15 is 0 Å². The van der Waals surface area contributed by atoms with Crippen molar-refractivity contribution in [1.82, 2.24) is 9.62 Å². The molecule has 1 atom stereocenters. The predicted octanol–water partition coefficient (Wildman–Crippen LogP) is 4.58. The van der Waals surface area contributed by atoms with Crippen LogP contribution in [0.25, 0.3) is 0 Å². The molecule has 1 aliphatic carbocycles. The van der Waals surface area contributed by atoms with Gasteiger partial charge in [-0.1, -0.05) is 18.2 Å². The van der Waals surface area contributed by atoms with Gasteiger partial charge >= 0.3 is 6.18 Å². The van der Waals surface area contributed by atoms with Crippen molar-refractivity contribution < 1.29 is 26.3 Å². The molecular formula is C23H27F3N2O3S. The standard InChI is InChI=1S/C23H27F3N2O3S/c24-23(25,26)18-4-3-7-22(14-18)32(29,30)27-19-12-13-28(16-19)15-17-8-10-21(11-9-17)31-20-5-1-2-6-20/h3-4,7-11,14,19-20,27H,1-2,5-6,12-13,15-16H2/t19-/m1/s1. The summed E-state index contributed by atoms with van der Waals surface area (Å²) >= 11 is 0. The molecule has 2 aliphatic rings. The van der Waals surface area contributed by atoms with E-state index in [1.54, 1.807) is 0 Å². The molecule has 1 aliphatic heterocycles. The van der Waals surface area contributed by atoms with Crippen LogP contribution in [0.4, 0.5) is 13.2 Å². The SMILES string of the molecule is O=S(=O)(N[C@@H]1CCN(Cc2ccc(OC3CCCC3)cc2)C1)c1cccc(C(F)(F)F)c1. The monoisotopic (exact) mass is 468 g/mol. The summed E-state index contributed by atoms with van der Waals surface area (Å²) in [5.41, 5.74) is 0.124. The number of hydrogen-bond donors (Lipinski definition) is 1. The normalized spacial score (nSPS) is 20.7. The van der Waals surface area contributed by atoms with Crippen molar-refractivity contribution in [3.63, 3.8) is 0 Å². The van der Waals surface area contributed by atoms with Crippen molar-refractivity contribution in [3.8, 4) is 5.75 Å². The van der Waals surface area contributed by atoms with Gasteiger partial charge in [0.15, 0.2) is 0 Å². The summed E-state index contributed by atoms with van der Waals surface area (Å²) in [6, 6.07) is 11.5. The summed E-state index contributed by atoms with van der Waals surface area (Å²) in [6.07, 6.45) is 0.965. The fourth-order valence-electron chi connectivity index (χ4n) is 4.33. The van der Waals surface area contributed by atoms with Crippen molar-refractivity contribution in [1.29, 1.82) is 0 Å². The minimum absolute atomic E-state index is 0.310. The Morgan fingerprint density at radius 1 is 1.03 bits per heavy atom. The maximum atomic E-state index is 12.9. The second kappa shape index (κ2) is 9.41. The van der Waals surface area contributed by atoms with Gasteiger partial charge in [0.2, 0.25) is 10.0 Å². The molecule has 2 aromatic rings. The van der Waals surface area contributed by atoms with E-state index < -0.39 is 21.8 Å². The lowest BCUT2D eigenvalue weighted by atomic mass is 10.2. The molecule has 1 saturated heterocycles. The summed E-state index contributed by atoms with van der Waals surface area (Å²) in [5.74, 6) is 0.869. The number of nitrogens with one attached hydrogen (secondary N) is 1. The number of hydrogen-bond acceptors (Lipinski definition) is 4. The second-order valence-corrected chi connectivity index (χ2v) is 10.2. The van der Waals surface area contributed by atoms with Crippen LogP contribution >= 0.6 is 0 Å². The smallest absolute Gasteiger partial charge is 0.416 e. The van der Waals surface area contributed by atoms with Crippen LogP contribution in [0.5, 0.6) is 5.75 Å². The zero-order valence-electron chi connectivity index (χ0n) is 17.6. The van der Waals surface area contributed by atoms with Crippen molar-refractivity contribution in [3.05, 3.63) is 59.7 Å². The van der Waals surface area contributed by atoms with E-state index in [2.05, 4.69) is 9.62 Å². The van der Waals surface area contributed by atoms with Crippen LogP contribution in [0.2, 0.25) is 0 Å². The quantitative estimate of drug-likeness (QED) is 0.646. The van der Waals surface area contributed by atoms with Gasteiger partial charge in [0.25, 0.3) is 0 Å². The largest absolute Gasteiger partial charge is 0.490 e. The van der Waals surface area contributed by atoms with E-state index in [0.29, 0.717) is 38.2 Å². The summed E-state index contributed by atoms with van der Waals surface area (Å²) in [4.78, 5) is 1.76. The molecule has 1 heterocycles. The van der Waals surface area contributed by atoms with Gasteiger partial charge in [0.1, 0.15) is 5.75 Å². The van der Waals surface area contributed by atoms with Crippen LogP contribution in [0.3, 0.4) is 0 Å². The number of sulfonamides is 1. The molecule has 0 spiro atoms. The Bertz CT molecular complexity index is 1020. The number of alkyl halides is 3. The fourth-order valence-corrected chi connectivity index (χ4v) is 5.64. The lowest BCUT2D eigenvalue weighted by Crippen LogP contribution is -2.37. The summed E-state index contributed by atoms with van der Waals surface area (Å²) in [7, 11) is -4.03. The number of rotatable bonds is 7. The van der Waals surface area contributed by atoms with E-state index in [1.807, 2.05) is 24.3 Å². The molecule has 1 saturated carbocycles. The van der Waals surface area contributed by atoms with Crippen molar-refractivity contribution >= 4 is 10.0 Å². The molecule has 1 N–H and O–H groups in total. The van der Waals surface area contributed by atoms with E-state index in [1.165, 1.54) is 18.9 Å². The fraction of sp³-hybridized carbons (Fsp3) is 0.478. The third kappa shape index (κ3) is 5.82. The second-order valence-electron chi connectivity index (χ2n) is 8.54. The molecule has 2 aromatic carbocycles. The highest BCUT2D eigenvalue weighted by atomic mass is 32.2. The first-order valence-corrected chi connectivity index (χ1v) is 12.3. The highest BCUT2D eigenvalue weighted by Gasteiger charge is 2.33. The van der Waals surface area contributed by atoms with Crippen LogP contribution in [0, 0.1) is 0 Å². The molecular weight excluding hydrogens is 441 g/mol. The first-order valence-electron chi connectivity index (χ1n) is 10.9. The molecule has 0 radical (unpaired) electrons. The third-order valence-electron chi connectivity index (χ3n) is 6.00. The van der Waals surface area contributed by atoms with Gasteiger partial charge in [-0.2, -0.15) is 13.2 Å². The Morgan fingerprint density at radius 3 is 2.44 bits per heavy atom. The molecule has 2 fully saturated rings. The summed E-state index contributed by atoms with van der Waals surface area (Å²) in [5, 5.41) is 0.